The number of hydrogen-bond donors (Lipinski definition) is 0. The summed E-state index contributed by atoms with van der Waals surface area (Å²) < 4.78 is 11.7. The molecule has 0 atom stereocenters. The minimum absolute atomic E-state index is 0.526. The summed E-state index contributed by atoms with van der Waals surface area (Å²) in [5.41, 5.74) is 12.8. The Bertz CT molecular complexity index is 4280. The van der Waals surface area contributed by atoms with E-state index in [0.717, 1.165) is 83.0 Å². The van der Waals surface area contributed by atoms with Crippen LogP contribution in [0.1, 0.15) is 0 Å². The zero-order chi connectivity index (χ0) is 44.0. The molecule has 0 saturated heterocycles. The molecule has 0 saturated carbocycles. The molecule has 0 amide bonds. The molecular formula is C61H37N5O. The van der Waals surface area contributed by atoms with Crippen LogP contribution in [0.5, 0.6) is 0 Å². The van der Waals surface area contributed by atoms with Crippen LogP contribution in [0, 0.1) is 0 Å². The number of aromatic nitrogens is 5. The van der Waals surface area contributed by atoms with E-state index in [4.69, 9.17) is 19.4 Å². The first-order chi connectivity index (χ1) is 33.2. The SMILES string of the molecule is c1ccc(-c2cccc(-c3nc(-c4ccc5c6ccccc6n(-c6ccccc6)c5c4)nc(-c4ccc(-n5c6ccccc6c6cc7ccccc7cc65)c5c4oc4ccccc45)n3)c2)cc1. The van der Waals surface area contributed by atoms with Gasteiger partial charge in [-0.15, -0.1) is 0 Å². The van der Waals surface area contributed by atoms with Crippen LogP contribution in [-0.2, 0) is 0 Å². The van der Waals surface area contributed by atoms with Crippen LogP contribution in [-0.4, -0.2) is 24.1 Å². The normalized spacial score (nSPS) is 11.9. The molecular weight excluding hydrogens is 819 g/mol. The van der Waals surface area contributed by atoms with Crippen molar-refractivity contribution in [1.29, 1.82) is 0 Å². The number of rotatable bonds is 6. The summed E-state index contributed by atoms with van der Waals surface area (Å²) in [5.74, 6) is 1.67. The summed E-state index contributed by atoms with van der Waals surface area (Å²) in [7, 11) is 0. The fourth-order valence-corrected chi connectivity index (χ4v) is 10.3. The Morgan fingerprint density at radius 3 is 1.69 bits per heavy atom. The van der Waals surface area contributed by atoms with Crippen molar-refractivity contribution < 1.29 is 4.42 Å². The highest BCUT2D eigenvalue weighted by Gasteiger charge is 2.24. The van der Waals surface area contributed by atoms with Crippen LogP contribution >= 0.6 is 0 Å². The first kappa shape index (κ1) is 37.3. The molecule has 4 heterocycles. The number of fused-ring (bicyclic) bond motifs is 10. The topological polar surface area (TPSA) is 61.7 Å². The second-order valence-corrected chi connectivity index (χ2v) is 17.2. The van der Waals surface area contributed by atoms with Crippen LogP contribution in [0.15, 0.2) is 229 Å². The van der Waals surface area contributed by atoms with Gasteiger partial charge in [-0.05, 0) is 88.6 Å². The molecule has 67 heavy (non-hydrogen) atoms. The predicted molar refractivity (Wildman–Crippen MR) is 275 cm³/mol. The van der Waals surface area contributed by atoms with Gasteiger partial charge in [0.2, 0.25) is 0 Å². The van der Waals surface area contributed by atoms with Gasteiger partial charge in [-0.3, -0.25) is 0 Å². The van der Waals surface area contributed by atoms with Crippen molar-refractivity contribution in [3.05, 3.63) is 224 Å². The fourth-order valence-electron chi connectivity index (χ4n) is 10.3. The second-order valence-electron chi connectivity index (χ2n) is 17.2. The van der Waals surface area contributed by atoms with Crippen molar-refractivity contribution in [1.82, 2.24) is 24.1 Å². The Balaban J connectivity index is 1.03. The van der Waals surface area contributed by atoms with E-state index < -0.39 is 0 Å². The van der Waals surface area contributed by atoms with E-state index in [1.807, 2.05) is 18.2 Å². The van der Waals surface area contributed by atoms with Crippen molar-refractivity contribution in [3.8, 4) is 56.7 Å². The molecule has 14 rings (SSSR count). The molecule has 0 unspecified atom stereocenters. The van der Waals surface area contributed by atoms with Crippen molar-refractivity contribution in [2.24, 2.45) is 0 Å². The molecule has 4 aromatic heterocycles. The van der Waals surface area contributed by atoms with Gasteiger partial charge in [0, 0.05) is 43.7 Å². The van der Waals surface area contributed by atoms with E-state index in [1.165, 1.54) is 26.9 Å². The predicted octanol–water partition coefficient (Wildman–Crippen LogP) is 15.8. The van der Waals surface area contributed by atoms with Gasteiger partial charge in [0.25, 0.3) is 0 Å². The maximum atomic E-state index is 6.98. The van der Waals surface area contributed by atoms with Crippen LogP contribution in [0.4, 0.5) is 0 Å². The van der Waals surface area contributed by atoms with Gasteiger partial charge >= 0.3 is 0 Å². The van der Waals surface area contributed by atoms with Crippen molar-refractivity contribution in [3.63, 3.8) is 0 Å². The molecule has 10 aromatic carbocycles. The summed E-state index contributed by atoms with van der Waals surface area (Å²) >= 11 is 0. The lowest BCUT2D eigenvalue weighted by molar-refractivity contribution is 0.669. The van der Waals surface area contributed by atoms with E-state index >= 15 is 0 Å². The Kier molecular flexibility index (Phi) is 8.18. The first-order valence-electron chi connectivity index (χ1n) is 22.6. The number of benzene rings is 10. The molecule has 0 bridgehead atoms. The van der Waals surface area contributed by atoms with Gasteiger partial charge in [-0.2, -0.15) is 0 Å². The molecule has 0 aliphatic rings. The lowest BCUT2D eigenvalue weighted by Crippen LogP contribution is -2.02. The maximum absolute atomic E-state index is 6.98. The molecule has 0 fully saturated rings. The molecule has 0 aliphatic carbocycles. The van der Waals surface area contributed by atoms with Gasteiger partial charge in [-0.25, -0.2) is 15.0 Å². The Labute approximate surface area is 384 Å². The summed E-state index contributed by atoms with van der Waals surface area (Å²) in [6.45, 7) is 0. The molecule has 0 radical (unpaired) electrons. The molecule has 6 heteroatoms. The summed E-state index contributed by atoms with van der Waals surface area (Å²) in [6, 6.07) is 79.1. The largest absolute Gasteiger partial charge is 0.455 e. The molecule has 312 valence electrons. The zero-order valence-electron chi connectivity index (χ0n) is 36.0. The van der Waals surface area contributed by atoms with Gasteiger partial charge in [0.1, 0.15) is 11.2 Å². The average Bonchev–Trinajstić information content (AvgIpc) is 4.06. The van der Waals surface area contributed by atoms with Crippen LogP contribution < -0.4 is 0 Å². The number of hydrogen-bond acceptors (Lipinski definition) is 4. The fraction of sp³-hybridized carbons (Fsp3) is 0. The van der Waals surface area contributed by atoms with Crippen molar-refractivity contribution in [2.75, 3.05) is 0 Å². The van der Waals surface area contributed by atoms with E-state index in [0.29, 0.717) is 23.1 Å². The van der Waals surface area contributed by atoms with Crippen LogP contribution in [0.2, 0.25) is 0 Å². The van der Waals surface area contributed by atoms with Gasteiger partial charge in [0.15, 0.2) is 17.5 Å². The van der Waals surface area contributed by atoms with Gasteiger partial charge < -0.3 is 13.6 Å². The maximum Gasteiger partial charge on any atom is 0.167 e. The molecule has 0 spiro atoms. The highest BCUT2D eigenvalue weighted by Crippen LogP contribution is 2.43. The van der Waals surface area contributed by atoms with E-state index in [2.05, 4.69) is 215 Å². The monoisotopic (exact) mass is 855 g/mol. The quantitative estimate of drug-likeness (QED) is 0.167. The highest BCUT2D eigenvalue weighted by atomic mass is 16.3. The Morgan fingerprint density at radius 2 is 0.896 bits per heavy atom. The summed E-state index contributed by atoms with van der Waals surface area (Å²) in [4.78, 5) is 16.0. The van der Waals surface area contributed by atoms with E-state index in [1.54, 1.807) is 0 Å². The van der Waals surface area contributed by atoms with Gasteiger partial charge in [-0.1, -0.05) is 158 Å². The van der Waals surface area contributed by atoms with Crippen LogP contribution in [0.25, 0.3) is 133 Å². The van der Waals surface area contributed by atoms with E-state index in [9.17, 15) is 0 Å². The standard InChI is InChI=1S/C61H37N5O/c1-3-16-38(17-4-1)39-20-15-21-42(34-39)59-62-60(43-30-31-47-45-24-9-12-27-51(45)65(54(47)37-43)44-22-5-2-6-23-44)64-61(63-59)49-32-33-53(57-48-26-11-14-29-56(48)67-58(49)57)66-52-28-13-10-25-46(52)50-35-40-18-7-8-19-41(40)36-55(50)66/h1-37H. The average molecular weight is 856 g/mol. The lowest BCUT2D eigenvalue weighted by Gasteiger charge is -2.13. The molecule has 6 nitrogen and oxygen atoms in total. The summed E-state index contributed by atoms with van der Waals surface area (Å²) in [6.07, 6.45) is 0. The zero-order valence-corrected chi connectivity index (χ0v) is 36.0. The lowest BCUT2D eigenvalue weighted by atomic mass is 10.0. The molecule has 14 aromatic rings. The molecule has 0 N–H and O–H groups in total. The third-order valence-corrected chi connectivity index (χ3v) is 13.3. The number of para-hydroxylation sites is 4. The Morgan fingerprint density at radius 1 is 0.328 bits per heavy atom. The number of furan rings is 1. The van der Waals surface area contributed by atoms with Crippen molar-refractivity contribution in [2.45, 2.75) is 0 Å². The van der Waals surface area contributed by atoms with Gasteiger partial charge in [0.05, 0.1) is 38.7 Å². The summed E-state index contributed by atoms with van der Waals surface area (Å²) in [5, 5.41) is 9.15. The third-order valence-electron chi connectivity index (χ3n) is 13.3. The van der Waals surface area contributed by atoms with E-state index in [-0.39, 0.29) is 0 Å². The highest BCUT2D eigenvalue weighted by molar-refractivity contribution is 6.18. The third kappa shape index (κ3) is 5.86. The minimum Gasteiger partial charge on any atom is -0.455 e. The molecule has 0 aliphatic heterocycles. The minimum atomic E-state index is 0.526. The Hall–Kier alpha value is -9.13. The smallest absolute Gasteiger partial charge is 0.167 e. The first-order valence-corrected chi connectivity index (χ1v) is 22.6. The second kappa shape index (κ2) is 14.7. The number of nitrogens with zero attached hydrogens (tertiary/aromatic N) is 5. The van der Waals surface area contributed by atoms with Crippen LogP contribution in [0.3, 0.4) is 0 Å². The van der Waals surface area contributed by atoms with Crippen molar-refractivity contribution >= 4 is 76.3 Å².